The average Bonchev–Trinajstić information content (AvgIpc) is 2.46. The summed E-state index contributed by atoms with van der Waals surface area (Å²) in [6.45, 7) is 8.27. The Morgan fingerprint density at radius 2 is 2.15 bits per heavy atom. The number of nitrogens with zero attached hydrogens (tertiary/aromatic N) is 2. The maximum Gasteiger partial charge on any atom is 0.269 e. The molecule has 2 rings (SSSR count). The molecule has 0 bridgehead atoms. The largest absolute Gasteiger partial charge is 0.365 e. The molecule has 0 radical (unpaired) electrons. The van der Waals surface area contributed by atoms with E-state index in [9.17, 15) is 10.1 Å². The summed E-state index contributed by atoms with van der Waals surface area (Å²) in [5.74, 6) is 0. The molecule has 1 fully saturated rings. The molecule has 0 aromatic heterocycles. The van der Waals surface area contributed by atoms with Gasteiger partial charge in [0.1, 0.15) is 0 Å². The van der Waals surface area contributed by atoms with Crippen molar-refractivity contribution >= 4 is 11.4 Å². The molecule has 0 amide bonds. The van der Waals surface area contributed by atoms with Crippen LogP contribution in [0.15, 0.2) is 18.2 Å². The molecule has 110 valence electrons. The predicted octanol–water partition coefficient (Wildman–Crippen LogP) is 2.87. The van der Waals surface area contributed by atoms with Crippen molar-refractivity contribution in [1.29, 1.82) is 0 Å². The van der Waals surface area contributed by atoms with Gasteiger partial charge in [0.2, 0.25) is 0 Å². The van der Waals surface area contributed by atoms with Crippen molar-refractivity contribution in [2.45, 2.75) is 45.7 Å². The number of hydrogen-bond acceptors (Lipinski definition) is 4. The Morgan fingerprint density at radius 3 is 2.70 bits per heavy atom. The summed E-state index contributed by atoms with van der Waals surface area (Å²) in [5.41, 5.74) is 2.28. The first-order chi connectivity index (χ1) is 9.56. The van der Waals surface area contributed by atoms with Gasteiger partial charge >= 0.3 is 0 Å². The third-order valence-corrected chi connectivity index (χ3v) is 4.16. The molecule has 1 aliphatic rings. The van der Waals surface area contributed by atoms with E-state index < -0.39 is 0 Å². The van der Waals surface area contributed by atoms with Crippen LogP contribution in [0, 0.1) is 17.0 Å². The fourth-order valence-corrected chi connectivity index (χ4v) is 2.87. The summed E-state index contributed by atoms with van der Waals surface area (Å²) in [6, 6.07) is 6.13. The fraction of sp³-hybridized carbons (Fsp3) is 0.600. The lowest BCUT2D eigenvalue weighted by Crippen LogP contribution is -2.56. The molecule has 1 aromatic rings. The maximum atomic E-state index is 10.8. The Kier molecular flexibility index (Phi) is 4.60. The summed E-state index contributed by atoms with van der Waals surface area (Å²) >= 11 is 0. The zero-order chi connectivity index (χ0) is 14.7. The van der Waals surface area contributed by atoms with E-state index in [1.165, 1.54) is 0 Å². The molecular weight excluding hydrogens is 254 g/mol. The van der Waals surface area contributed by atoms with Crippen molar-refractivity contribution in [3.05, 3.63) is 33.9 Å². The van der Waals surface area contributed by atoms with Crippen molar-refractivity contribution in [2.75, 3.05) is 18.0 Å². The summed E-state index contributed by atoms with van der Waals surface area (Å²) in [4.78, 5) is 12.9. The number of benzene rings is 1. The van der Waals surface area contributed by atoms with E-state index in [0.717, 1.165) is 37.2 Å². The lowest BCUT2D eigenvalue weighted by atomic mass is 10.0. The van der Waals surface area contributed by atoms with Gasteiger partial charge in [-0.2, -0.15) is 0 Å². The number of anilines is 1. The van der Waals surface area contributed by atoms with Crippen LogP contribution in [0.4, 0.5) is 11.4 Å². The van der Waals surface area contributed by atoms with E-state index in [1.54, 1.807) is 12.1 Å². The molecule has 5 heteroatoms. The van der Waals surface area contributed by atoms with E-state index in [-0.39, 0.29) is 10.6 Å². The molecule has 1 N–H and O–H groups in total. The van der Waals surface area contributed by atoms with Gasteiger partial charge in [-0.05, 0) is 31.4 Å². The minimum Gasteiger partial charge on any atom is -0.365 e. The van der Waals surface area contributed by atoms with Crippen LogP contribution >= 0.6 is 0 Å². The van der Waals surface area contributed by atoms with Gasteiger partial charge in [0.25, 0.3) is 5.69 Å². The molecule has 0 aliphatic carbocycles. The first-order valence-corrected chi connectivity index (χ1v) is 7.31. The van der Waals surface area contributed by atoms with Crippen LogP contribution in [-0.2, 0) is 0 Å². The number of nitro groups is 1. The highest BCUT2D eigenvalue weighted by Gasteiger charge is 2.27. The van der Waals surface area contributed by atoms with Gasteiger partial charge in [-0.25, -0.2) is 0 Å². The number of piperazine rings is 1. The van der Waals surface area contributed by atoms with E-state index >= 15 is 0 Å². The topological polar surface area (TPSA) is 58.4 Å². The summed E-state index contributed by atoms with van der Waals surface area (Å²) in [7, 11) is 0. The van der Waals surface area contributed by atoms with Crippen LogP contribution in [0.1, 0.15) is 32.3 Å². The highest BCUT2D eigenvalue weighted by atomic mass is 16.6. The van der Waals surface area contributed by atoms with E-state index in [4.69, 9.17) is 0 Å². The van der Waals surface area contributed by atoms with Crippen LogP contribution in [-0.4, -0.2) is 30.1 Å². The van der Waals surface area contributed by atoms with Gasteiger partial charge in [-0.3, -0.25) is 10.1 Å². The number of non-ortho nitro benzene ring substituents is 1. The first kappa shape index (κ1) is 14.8. The normalized spacial score (nSPS) is 22.9. The molecule has 1 aromatic carbocycles. The Labute approximate surface area is 120 Å². The van der Waals surface area contributed by atoms with Crippen molar-refractivity contribution in [3.8, 4) is 0 Å². The monoisotopic (exact) mass is 277 g/mol. The number of nitro benzene ring substituents is 1. The fourth-order valence-electron chi connectivity index (χ4n) is 2.87. The Morgan fingerprint density at radius 1 is 1.40 bits per heavy atom. The number of nitrogens with one attached hydrogen (secondary N) is 1. The second-order valence-electron chi connectivity index (χ2n) is 5.46. The van der Waals surface area contributed by atoms with Crippen molar-refractivity contribution in [1.82, 2.24) is 5.32 Å². The maximum absolute atomic E-state index is 10.8. The molecule has 5 nitrogen and oxygen atoms in total. The Balaban J connectivity index is 2.29. The van der Waals surface area contributed by atoms with Gasteiger partial charge < -0.3 is 10.2 Å². The number of aryl methyl sites for hydroxylation is 1. The van der Waals surface area contributed by atoms with E-state index in [2.05, 4.69) is 24.1 Å². The third-order valence-electron chi connectivity index (χ3n) is 4.16. The van der Waals surface area contributed by atoms with Crippen molar-refractivity contribution in [2.24, 2.45) is 0 Å². The summed E-state index contributed by atoms with van der Waals surface area (Å²) in [5, 5.41) is 14.4. The van der Waals surface area contributed by atoms with Gasteiger partial charge in [-0.15, -0.1) is 0 Å². The lowest BCUT2D eigenvalue weighted by Gasteiger charge is -2.42. The SMILES string of the molecule is CCC1CN(c2ccc([N+](=O)[O-])cc2C)C(CC)CN1. The number of rotatable bonds is 4. The summed E-state index contributed by atoms with van der Waals surface area (Å²) < 4.78 is 0. The molecule has 1 heterocycles. The van der Waals surface area contributed by atoms with E-state index in [0.29, 0.717) is 12.1 Å². The molecule has 20 heavy (non-hydrogen) atoms. The molecule has 1 saturated heterocycles. The first-order valence-electron chi connectivity index (χ1n) is 7.31. The zero-order valence-electron chi connectivity index (χ0n) is 12.4. The van der Waals surface area contributed by atoms with Gasteiger partial charge in [-0.1, -0.05) is 13.8 Å². The van der Waals surface area contributed by atoms with Crippen LogP contribution in [0.25, 0.3) is 0 Å². The Bertz CT molecular complexity index is 490. The minimum absolute atomic E-state index is 0.168. The molecule has 0 saturated carbocycles. The molecule has 1 aliphatic heterocycles. The van der Waals surface area contributed by atoms with Gasteiger partial charge in [0.15, 0.2) is 0 Å². The molecule has 2 atom stereocenters. The standard InChI is InChI=1S/C15H23N3O2/c1-4-12-10-17(13(5-2)9-16-12)15-7-6-14(18(19)20)8-11(15)3/h6-8,12-13,16H,4-5,9-10H2,1-3H3. The molecule has 2 unspecified atom stereocenters. The van der Waals surface area contributed by atoms with Crippen LogP contribution in [0.2, 0.25) is 0 Å². The van der Waals surface area contributed by atoms with Crippen molar-refractivity contribution in [3.63, 3.8) is 0 Å². The third kappa shape index (κ3) is 2.93. The zero-order valence-corrected chi connectivity index (χ0v) is 12.4. The van der Waals surface area contributed by atoms with Gasteiger partial charge in [0.05, 0.1) is 4.92 Å². The van der Waals surface area contributed by atoms with E-state index in [1.807, 2.05) is 13.0 Å². The number of hydrogen-bond donors (Lipinski definition) is 1. The van der Waals surface area contributed by atoms with Crippen molar-refractivity contribution < 1.29 is 4.92 Å². The highest BCUT2D eigenvalue weighted by Crippen LogP contribution is 2.28. The highest BCUT2D eigenvalue weighted by molar-refractivity contribution is 5.58. The minimum atomic E-state index is -0.333. The van der Waals surface area contributed by atoms with Crippen LogP contribution < -0.4 is 10.2 Å². The van der Waals surface area contributed by atoms with Crippen LogP contribution in [0.5, 0.6) is 0 Å². The molecular formula is C15H23N3O2. The molecule has 0 spiro atoms. The quantitative estimate of drug-likeness (QED) is 0.679. The van der Waals surface area contributed by atoms with Gasteiger partial charge in [0, 0.05) is 43.0 Å². The smallest absolute Gasteiger partial charge is 0.269 e. The average molecular weight is 277 g/mol. The second-order valence-corrected chi connectivity index (χ2v) is 5.46. The Hall–Kier alpha value is -1.62. The predicted molar refractivity (Wildman–Crippen MR) is 81.3 cm³/mol. The van der Waals surface area contributed by atoms with Crippen LogP contribution in [0.3, 0.4) is 0 Å². The summed E-state index contributed by atoms with van der Waals surface area (Å²) in [6.07, 6.45) is 2.17. The lowest BCUT2D eigenvalue weighted by molar-refractivity contribution is -0.384. The second kappa shape index (κ2) is 6.22.